The van der Waals surface area contributed by atoms with Crippen molar-refractivity contribution in [3.8, 4) is 28.7 Å². The zero-order chi connectivity index (χ0) is 32.4. The molecule has 0 N–H and O–H groups in total. The van der Waals surface area contributed by atoms with Gasteiger partial charge in [-0.1, -0.05) is 127 Å². The second-order valence-corrected chi connectivity index (χ2v) is 11.5. The summed E-state index contributed by atoms with van der Waals surface area (Å²) in [5, 5.41) is 0. The van der Waals surface area contributed by atoms with E-state index in [-0.39, 0.29) is 6.10 Å². The van der Waals surface area contributed by atoms with Crippen LogP contribution in [0.3, 0.4) is 0 Å². The largest absolute Gasteiger partial charge is 0.489 e. The van der Waals surface area contributed by atoms with Crippen LogP contribution in [0.5, 0.6) is 28.7 Å². The van der Waals surface area contributed by atoms with Crippen molar-refractivity contribution in [2.45, 2.75) is 32.5 Å². The average molecular weight is 634 g/mol. The van der Waals surface area contributed by atoms with Crippen LogP contribution in [0.25, 0.3) is 6.08 Å². The standard InChI is InChI=1S/C43H36O5/c1-5-13-32(14-6-1)28-44-37-26-41(46-30-34-17-9-3-10-18-34)38-22-24-39(48-42(38)27-37)36-21-23-40(45-29-33-15-7-2-8-16-33)43(25-36)47-31-35-19-11-4-12-20-35/h1-27,39H,28-31H2/i22+1. The van der Waals surface area contributed by atoms with Gasteiger partial charge in [-0.25, -0.2) is 0 Å². The number of hydrogen-bond donors (Lipinski definition) is 0. The maximum absolute atomic E-state index is 6.65. The van der Waals surface area contributed by atoms with Gasteiger partial charge in [-0.2, -0.15) is 0 Å². The van der Waals surface area contributed by atoms with E-state index in [9.17, 15) is 0 Å². The third kappa shape index (κ3) is 7.88. The van der Waals surface area contributed by atoms with E-state index in [1.54, 1.807) is 0 Å². The van der Waals surface area contributed by atoms with Crippen molar-refractivity contribution >= 4 is 6.08 Å². The molecule has 6 aromatic carbocycles. The Balaban J connectivity index is 1.15. The van der Waals surface area contributed by atoms with Gasteiger partial charge in [0, 0.05) is 17.7 Å². The summed E-state index contributed by atoms with van der Waals surface area (Å²) in [5.74, 6) is 3.39. The second kappa shape index (κ2) is 15.1. The topological polar surface area (TPSA) is 46.2 Å². The number of benzene rings is 6. The first kappa shape index (κ1) is 30.7. The minimum Gasteiger partial charge on any atom is -0.489 e. The Morgan fingerprint density at radius 2 is 0.917 bits per heavy atom. The van der Waals surface area contributed by atoms with Gasteiger partial charge in [-0.15, -0.1) is 0 Å². The molecule has 5 heteroatoms. The molecule has 0 saturated carbocycles. The smallest absolute Gasteiger partial charge is 0.162 e. The van der Waals surface area contributed by atoms with Crippen molar-refractivity contribution < 1.29 is 23.7 Å². The third-order valence-corrected chi connectivity index (χ3v) is 8.03. The van der Waals surface area contributed by atoms with Crippen molar-refractivity contribution in [1.29, 1.82) is 0 Å². The van der Waals surface area contributed by atoms with E-state index in [1.807, 2.05) is 146 Å². The van der Waals surface area contributed by atoms with E-state index in [0.29, 0.717) is 55.2 Å². The molecule has 0 amide bonds. The fraction of sp³-hybridized carbons (Fsp3) is 0.116. The molecule has 48 heavy (non-hydrogen) atoms. The summed E-state index contributed by atoms with van der Waals surface area (Å²) in [4.78, 5) is 0. The van der Waals surface area contributed by atoms with Gasteiger partial charge < -0.3 is 23.7 Å². The Morgan fingerprint density at radius 3 is 1.46 bits per heavy atom. The van der Waals surface area contributed by atoms with Crippen LogP contribution in [0.15, 0.2) is 158 Å². The van der Waals surface area contributed by atoms with Crippen molar-refractivity contribution in [2.24, 2.45) is 0 Å². The van der Waals surface area contributed by atoms with Gasteiger partial charge >= 0.3 is 0 Å². The highest BCUT2D eigenvalue weighted by atomic mass is 16.5. The molecule has 5 nitrogen and oxygen atoms in total. The lowest BCUT2D eigenvalue weighted by atomic mass is 10.1. The van der Waals surface area contributed by atoms with E-state index >= 15 is 0 Å². The summed E-state index contributed by atoms with van der Waals surface area (Å²) in [6, 6.07) is 50.3. The van der Waals surface area contributed by atoms with Gasteiger partial charge in [-0.3, -0.25) is 0 Å². The van der Waals surface area contributed by atoms with Crippen LogP contribution in [0.1, 0.15) is 39.5 Å². The van der Waals surface area contributed by atoms with Crippen LogP contribution in [0.4, 0.5) is 0 Å². The van der Waals surface area contributed by atoms with E-state index in [1.165, 1.54) is 0 Å². The monoisotopic (exact) mass is 633 g/mol. The Labute approximate surface area is 281 Å². The van der Waals surface area contributed by atoms with E-state index in [2.05, 4.69) is 18.2 Å². The first-order valence-corrected chi connectivity index (χ1v) is 16.1. The first-order valence-electron chi connectivity index (χ1n) is 16.1. The lowest BCUT2D eigenvalue weighted by Crippen LogP contribution is -2.11. The highest BCUT2D eigenvalue weighted by Gasteiger charge is 2.23. The Morgan fingerprint density at radius 1 is 0.438 bits per heavy atom. The quantitative estimate of drug-likeness (QED) is 0.118. The zero-order valence-electron chi connectivity index (χ0n) is 26.5. The number of hydrogen-bond acceptors (Lipinski definition) is 5. The molecule has 1 heterocycles. The summed E-state index contributed by atoms with van der Waals surface area (Å²) < 4.78 is 31.8. The molecule has 1 aliphatic heterocycles. The summed E-state index contributed by atoms with van der Waals surface area (Å²) in [5.41, 5.74) is 6.13. The summed E-state index contributed by atoms with van der Waals surface area (Å²) >= 11 is 0. The minimum atomic E-state index is -0.355. The van der Waals surface area contributed by atoms with Gasteiger partial charge in [0.2, 0.25) is 0 Å². The van der Waals surface area contributed by atoms with Crippen LogP contribution in [0, 0.1) is 0 Å². The lowest BCUT2D eigenvalue weighted by Gasteiger charge is -2.25. The minimum absolute atomic E-state index is 0.355. The molecule has 0 bridgehead atoms. The van der Waals surface area contributed by atoms with Crippen LogP contribution < -0.4 is 23.7 Å². The van der Waals surface area contributed by atoms with Crippen LogP contribution in [-0.4, -0.2) is 0 Å². The van der Waals surface area contributed by atoms with Gasteiger partial charge in [0.1, 0.15) is 49.8 Å². The molecule has 1 unspecified atom stereocenters. The molecule has 238 valence electrons. The molecule has 1 atom stereocenters. The zero-order valence-corrected chi connectivity index (χ0v) is 26.5. The van der Waals surface area contributed by atoms with E-state index < -0.39 is 0 Å². The Bertz CT molecular complexity index is 1940. The van der Waals surface area contributed by atoms with Gasteiger partial charge in [-0.05, 0) is 46.5 Å². The molecule has 0 fully saturated rings. The molecule has 0 spiro atoms. The predicted octanol–water partition coefficient (Wildman–Crippen LogP) is 10.1. The predicted molar refractivity (Wildman–Crippen MR) is 188 cm³/mol. The van der Waals surface area contributed by atoms with Crippen LogP contribution in [-0.2, 0) is 26.4 Å². The lowest BCUT2D eigenvalue weighted by molar-refractivity contribution is 0.237. The molecular formula is C43H36O5. The number of fused-ring (bicyclic) bond motifs is 1. The Hall–Kier alpha value is -5.94. The molecule has 7 rings (SSSR count). The second-order valence-electron chi connectivity index (χ2n) is 11.5. The van der Waals surface area contributed by atoms with E-state index in [4.69, 9.17) is 23.7 Å². The number of ether oxygens (including phenoxy) is 5. The van der Waals surface area contributed by atoms with Crippen molar-refractivity contribution in [1.82, 2.24) is 0 Å². The third-order valence-electron chi connectivity index (χ3n) is 8.03. The SMILES string of the molecule is C1=[13CH]c2c(OCc3ccccc3)cc(OCc3ccccc3)cc2OC1c1ccc(OCc2ccccc2)c(OCc2ccccc2)c1. The molecule has 6 aromatic rings. The summed E-state index contributed by atoms with van der Waals surface area (Å²) in [7, 11) is 0. The Kier molecular flexibility index (Phi) is 9.66. The highest BCUT2D eigenvalue weighted by molar-refractivity contribution is 5.69. The molecular weight excluding hydrogens is 597 g/mol. The van der Waals surface area contributed by atoms with Crippen LogP contribution in [0.2, 0.25) is 0 Å². The van der Waals surface area contributed by atoms with Gasteiger partial charge in [0.25, 0.3) is 0 Å². The van der Waals surface area contributed by atoms with Crippen molar-refractivity contribution in [3.05, 3.63) is 191 Å². The maximum Gasteiger partial charge on any atom is 0.162 e. The summed E-state index contributed by atoms with van der Waals surface area (Å²) in [6.45, 7) is 1.72. The van der Waals surface area contributed by atoms with Crippen molar-refractivity contribution in [2.75, 3.05) is 0 Å². The van der Waals surface area contributed by atoms with Crippen molar-refractivity contribution in [3.63, 3.8) is 0 Å². The van der Waals surface area contributed by atoms with Gasteiger partial charge in [0.05, 0.1) is 5.56 Å². The normalized spacial score (nSPS) is 13.2. The fourth-order valence-corrected chi connectivity index (χ4v) is 5.46. The first-order chi connectivity index (χ1) is 23.8. The maximum atomic E-state index is 6.65. The molecule has 0 saturated heterocycles. The number of rotatable bonds is 13. The fourth-order valence-electron chi connectivity index (χ4n) is 5.46. The summed E-state index contributed by atoms with van der Waals surface area (Å²) in [6.07, 6.45) is 3.75. The van der Waals surface area contributed by atoms with Gasteiger partial charge in [0.15, 0.2) is 11.5 Å². The average Bonchev–Trinajstić information content (AvgIpc) is 3.16. The van der Waals surface area contributed by atoms with E-state index in [0.717, 1.165) is 33.4 Å². The molecule has 0 aliphatic carbocycles. The van der Waals surface area contributed by atoms with Crippen LogP contribution >= 0.6 is 0 Å². The molecule has 0 aromatic heterocycles. The highest BCUT2D eigenvalue weighted by Crippen LogP contribution is 2.43. The molecule has 1 aliphatic rings. The molecule has 0 radical (unpaired) electrons.